The number of piperidine rings is 1. The highest BCUT2D eigenvalue weighted by atomic mass is 35.5. The summed E-state index contributed by atoms with van der Waals surface area (Å²) in [7, 11) is 0. The number of hydrogen-bond donors (Lipinski definition) is 1. The van der Waals surface area contributed by atoms with Crippen LogP contribution in [0, 0.1) is 13.8 Å². The average molecular weight is 353 g/mol. The van der Waals surface area contributed by atoms with Crippen LogP contribution in [0.25, 0.3) is 0 Å². The lowest BCUT2D eigenvalue weighted by Crippen LogP contribution is -3.00. The van der Waals surface area contributed by atoms with Gasteiger partial charge in [0, 0.05) is 12.1 Å². The van der Waals surface area contributed by atoms with Crippen molar-refractivity contribution in [2.75, 3.05) is 25.0 Å². The molecule has 2 rings (SSSR count). The molecule has 0 saturated carbocycles. The minimum atomic E-state index is 0. The summed E-state index contributed by atoms with van der Waals surface area (Å²) in [4.78, 5) is 13.1. The molecule has 1 fully saturated rings. The van der Waals surface area contributed by atoms with Crippen LogP contribution in [-0.4, -0.2) is 36.1 Å². The molecule has 1 saturated heterocycles. The van der Waals surface area contributed by atoms with E-state index in [1.165, 1.54) is 19.3 Å². The van der Waals surface area contributed by atoms with E-state index in [2.05, 4.69) is 45.1 Å². The third-order valence-electron chi connectivity index (χ3n) is 5.46. The van der Waals surface area contributed by atoms with Gasteiger partial charge >= 0.3 is 0 Å². The van der Waals surface area contributed by atoms with Crippen molar-refractivity contribution in [2.45, 2.75) is 65.8 Å². The molecule has 1 aliphatic heterocycles. The third-order valence-corrected chi connectivity index (χ3v) is 5.46. The van der Waals surface area contributed by atoms with Gasteiger partial charge in [0.25, 0.3) is 5.91 Å². The Morgan fingerprint density at radius 1 is 1.12 bits per heavy atom. The minimum absolute atomic E-state index is 0. The number of nitrogens with one attached hydrogen (secondary N) is 1. The summed E-state index contributed by atoms with van der Waals surface area (Å²) >= 11 is 0. The van der Waals surface area contributed by atoms with Crippen LogP contribution >= 0.6 is 0 Å². The largest absolute Gasteiger partial charge is 1.00 e. The molecule has 1 atom stereocenters. The van der Waals surface area contributed by atoms with Crippen LogP contribution in [0.5, 0.6) is 0 Å². The number of carbonyl (C=O) groups is 1. The predicted octanol–water partition coefficient (Wildman–Crippen LogP) is 1.44. The number of quaternary nitrogens is 1. The number of para-hydroxylation sites is 1. The van der Waals surface area contributed by atoms with E-state index >= 15 is 0 Å². The highest BCUT2D eigenvalue weighted by Gasteiger charge is 2.41. The summed E-state index contributed by atoms with van der Waals surface area (Å²) in [6.45, 7) is 12.0. The quantitative estimate of drug-likeness (QED) is 0.771. The van der Waals surface area contributed by atoms with Crippen molar-refractivity contribution in [3.8, 4) is 0 Å². The normalized spacial score (nSPS) is 17.7. The molecule has 1 heterocycles. The molecule has 24 heavy (non-hydrogen) atoms. The third kappa shape index (κ3) is 4.52. The van der Waals surface area contributed by atoms with E-state index in [9.17, 15) is 4.79 Å². The van der Waals surface area contributed by atoms with Crippen molar-refractivity contribution < 1.29 is 21.7 Å². The lowest BCUT2D eigenvalue weighted by Gasteiger charge is -2.46. The number of hydrogen-bond acceptors (Lipinski definition) is 1. The molecule has 1 amide bonds. The molecule has 4 heteroatoms. The lowest BCUT2D eigenvalue weighted by atomic mass is 9.99. The summed E-state index contributed by atoms with van der Waals surface area (Å²) in [5.74, 6) is 0.209. The number of amides is 1. The van der Waals surface area contributed by atoms with Crippen molar-refractivity contribution in [3.05, 3.63) is 29.3 Å². The maximum Gasteiger partial charge on any atom is 0.282 e. The maximum atomic E-state index is 13.1. The number of rotatable bonds is 6. The van der Waals surface area contributed by atoms with Crippen molar-refractivity contribution in [3.63, 3.8) is 0 Å². The van der Waals surface area contributed by atoms with Gasteiger partial charge in [-0.2, -0.15) is 0 Å². The first-order chi connectivity index (χ1) is 11.0. The van der Waals surface area contributed by atoms with E-state index in [4.69, 9.17) is 0 Å². The molecular weight excluding hydrogens is 320 g/mol. The van der Waals surface area contributed by atoms with Crippen LogP contribution in [0.15, 0.2) is 18.2 Å². The summed E-state index contributed by atoms with van der Waals surface area (Å²) in [6.07, 6.45) is 5.89. The van der Waals surface area contributed by atoms with E-state index < -0.39 is 0 Å². The van der Waals surface area contributed by atoms with E-state index in [1.807, 2.05) is 6.07 Å². The fraction of sp³-hybridized carbons (Fsp3) is 0.650. The highest BCUT2D eigenvalue weighted by molar-refractivity contribution is 5.95. The van der Waals surface area contributed by atoms with Gasteiger partial charge in [0.2, 0.25) is 0 Å². The molecule has 3 nitrogen and oxygen atoms in total. The average Bonchev–Trinajstić information content (AvgIpc) is 2.53. The number of carbonyl (C=O) groups excluding carboxylic acids is 1. The second-order valence-electron chi connectivity index (χ2n) is 7.13. The summed E-state index contributed by atoms with van der Waals surface area (Å²) in [5.41, 5.74) is 3.30. The molecule has 0 bridgehead atoms. The molecule has 0 aromatic heterocycles. The SMILES string of the molecule is CCC[N+]1(C(CC)C(=O)Nc2c(C)cccc2C)CCCCC1.[Cl-]. The van der Waals surface area contributed by atoms with Gasteiger partial charge in [0.05, 0.1) is 19.6 Å². The summed E-state index contributed by atoms with van der Waals surface area (Å²) in [5, 5.41) is 3.26. The summed E-state index contributed by atoms with van der Waals surface area (Å²) < 4.78 is 0.990. The number of halogens is 1. The summed E-state index contributed by atoms with van der Waals surface area (Å²) in [6, 6.07) is 6.27. The van der Waals surface area contributed by atoms with Gasteiger partial charge in [-0.15, -0.1) is 0 Å². The zero-order valence-corrected chi connectivity index (χ0v) is 16.5. The van der Waals surface area contributed by atoms with Crippen LogP contribution in [-0.2, 0) is 4.79 Å². The van der Waals surface area contributed by atoms with Crippen molar-refractivity contribution >= 4 is 11.6 Å². The Balaban J connectivity index is 0.00000288. The Bertz CT molecular complexity index is 513. The first-order valence-electron chi connectivity index (χ1n) is 9.27. The molecule has 0 aliphatic carbocycles. The lowest BCUT2D eigenvalue weighted by molar-refractivity contribution is -0.946. The number of nitrogens with zero attached hydrogens (tertiary/aromatic N) is 1. The maximum absolute atomic E-state index is 13.1. The van der Waals surface area contributed by atoms with Gasteiger partial charge < -0.3 is 22.2 Å². The molecular formula is C20H33ClN2O. The Hall–Kier alpha value is -1.06. The molecule has 1 N–H and O–H groups in total. The van der Waals surface area contributed by atoms with E-state index in [0.29, 0.717) is 0 Å². The highest BCUT2D eigenvalue weighted by Crippen LogP contribution is 2.27. The van der Waals surface area contributed by atoms with E-state index in [0.717, 1.165) is 53.8 Å². The standard InChI is InChI=1S/C20H32N2O.ClH/c1-5-13-22(14-8-7-9-15-22)18(6-2)20(23)21-19-16(3)11-10-12-17(19)4;/h10-12,18H,5-9,13-15H2,1-4H3;1H. The second-order valence-corrected chi connectivity index (χ2v) is 7.13. The fourth-order valence-electron chi connectivity index (χ4n) is 4.32. The van der Waals surface area contributed by atoms with Gasteiger partial charge in [-0.3, -0.25) is 4.79 Å². The molecule has 136 valence electrons. The van der Waals surface area contributed by atoms with Gasteiger partial charge in [-0.25, -0.2) is 0 Å². The fourth-order valence-corrected chi connectivity index (χ4v) is 4.32. The Morgan fingerprint density at radius 2 is 1.71 bits per heavy atom. The van der Waals surface area contributed by atoms with Crippen molar-refractivity contribution in [1.82, 2.24) is 0 Å². The smallest absolute Gasteiger partial charge is 0.282 e. The molecule has 1 aliphatic rings. The number of anilines is 1. The molecule has 1 unspecified atom stereocenters. The minimum Gasteiger partial charge on any atom is -1.00 e. The Labute approximate surface area is 153 Å². The molecule has 0 radical (unpaired) electrons. The predicted molar refractivity (Wildman–Crippen MR) is 97.6 cm³/mol. The zero-order valence-electron chi connectivity index (χ0n) is 15.7. The van der Waals surface area contributed by atoms with E-state index in [-0.39, 0.29) is 24.4 Å². The van der Waals surface area contributed by atoms with Gasteiger partial charge in [-0.1, -0.05) is 32.0 Å². The van der Waals surface area contributed by atoms with Crippen LogP contribution < -0.4 is 17.7 Å². The van der Waals surface area contributed by atoms with Gasteiger partial charge in [0.1, 0.15) is 0 Å². The molecule has 1 aromatic rings. The van der Waals surface area contributed by atoms with E-state index in [1.54, 1.807) is 0 Å². The monoisotopic (exact) mass is 352 g/mol. The van der Waals surface area contributed by atoms with Crippen LogP contribution in [0.4, 0.5) is 5.69 Å². The number of likely N-dealkylation sites (tertiary alicyclic amines) is 1. The molecule has 0 spiro atoms. The van der Waals surface area contributed by atoms with Crippen molar-refractivity contribution in [1.29, 1.82) is 0 Å². The first-order valence-corrected chi connectivity index (χ1v) is 9.27. The first kappa shape index (κ1) is 21.0. The number of benzene rings is 1. The van der Waals surface area contributed by atoms with Gasteiger partial charge in [0.15, 0.2) is 6.04 Å². The van der Waals surface area contributed by atoms with Crippen LogP contribution in [0.2, 0.25) is 0 Å². The second kappa shape index (κ2) is 9.43. The Kier molecular flexibility index (Phi) is 8.24. The van der Waals surface area contributed by atoms with Crippen LogP contribution in [0.1, 0.15) is 57.1 Å². The topological polar surface area (TPSA) is 29.1 Å². The Morgan fingerprint density at radius 3 is 2.21 bits per heavy atom. The van der Waals surface area contributed by atoms with Crippen molar-refractivity contribution in [2.24, 2.45) is 0 Å². The zero-order chi connectivity index (χ0) is 16.9. The number of aryl methyl sites for hydroxylation is 2. The van der Waals surface area contributed by atoms with Gasteiger partial charge in [-0.05, 0) is 50.7 Å². The van der Waals surface area contributed by atoms with Crippen LogP contribution in [0.3, 0.4) is 0 Å². The molecule has 1 aromatic carbocycles.